The van der Waals surface area contributed by atoms with E-state index in [0.29, 0.717) is 17.5 Å². The van der Waals surface area contributed by atoms with Crippen LogP contribution in [0.15, 0.2) is 29.4 Å². The predicted octanol–water partition coefficient (Wildman–Crippen LogP) is 0.237. The summed E-state index contributed by atoms with van der Waals surface area (Å²) in [6.07, 6.45) is 0.644. The van der Waals surface area contributed by atoms with E-state index in [1.54, 1.807) is 24.3 Å². The van der Waals surface area contributed by atoms with Gasteiger partial charge in [0.1, 0.15) is 0 Å². The molecule has 3 N–H and O–H groups in total. The standard InChI is InChI=1S/C14H15N5O4S/c15-13-16-14(18-17-13)24(22,23)8-4-3-7-19-11(20)9-5-1-2-6-10(9)12(19)21/h1-2,5-6H,3-4,7-8H2,(H3,15,16,17,18). The summed E-state index contributed by atoms with van der Waals surface area (Å²) < 4.78 is 24.0. The van der Waals surface area contributed by atoms with E-state index >= 15 is 0 Å². The first-order valence-corrected chi connectivity index (χ1v) is 8.91. The van der Waals surface area contributed by atoms with Crippen molar-refractivity contribution in [3.8, 4) is 0 Å². The summed E-state index contributed by atoms with van der Waals surface area (Å²) in [6.45, 7) is 0.167. The highest BCUT2D eigenvalue weighted by molar-refractivity contribution is 7.91. The minimum atomic E-state index is -3.61. The number of imide groups is 1. The van der Waals surface area contributed by atoms with Crippen molar-refractivity contribution in [2.24, 2.45) is 0 Å². The van der Waals surface area contributed by atoms with E-state index in [9.17, 15) is 18.0 Å². The first kappa shape index (κ1) is 16.1. The molecule has 0 bridgehead atoms. The number of carbonyl (C=O) groups is 2. The van der Waals surface area contributed by atoms with Crippen LogP contribution in [0, 0.1) is 0 Å². The van der Waals surface area contributed by atoms with Crippen LogP contribution in [-0.2, 0) is 9.84 Å². The van der Waals surface area contributed by atoms with E-state index in [-0.39, 0.29) is 41.6 Å². The van der Waals surface area contributed by atoms with Crippen molar-refractivity contribution in [3.63, 3.8) is 0 Å². The molecule has 1 aliphatic heterocycles. The molecule has 1 aliphatic rings. The number of nitrogens with two attached hydrogens (primary N) is 1. The number of H-pyrrole nitrogens is 1. The van der Waals surface area contributed by atoms with Gasteiger partial charge in [-0.25, -0.2) is 13.5 Å². The maximum atomic E-state index is 12.2. The number of sulfone groups is 1. The summed E-state index contributed by atoms with van der Waals surface area (Å²) in [5, 5.41) is 5.47. The average Bonchev–Trinajstić information content (AvgIpc) is 3.09. The molecule has 2 amide bonds. The second-order valence-corrected chi connectivity index (χ2v) is 7.36. The number of nitrogens with one attached hydrogen (secondary N) is 1. The van der Waals surface area contributed by atoms with E-state index in [2.05, 4.69) is 15.2 Å². The van der Waals surface area contributed by atoms with Gasteiger partial charge in [-0.3, -0.25) is 14.5 Å². The molecule has 1 aromatic heterocycles. The van der Waals surface area contributed by atoms with Crippen LogP contribution in [0.5, 0.6) is 0 Å². The minimum Gasteiger partial charge on any atom is -0.366 e. The number of nitrogen functional groups attached to an aromatic ring is 1. The van der Waals surface area contributed by atoms with Gasteiger partial charge < -0.3 is 5.73 Å². The first-order chi connectivity index (χ1) is 11.4. The number of hydrogen-bond acceptors (Lipinski definition) is 7. The fourth-order valence-corrected chi connectivity index (χ4v) is 3.69. The number of fused-ring (bicyclic) bond motifs is 1. The average molecular weight is 349 g/mol. The summed E-state index contributed by atoms with van der Waals surface area (Å²) in [6, 6.07) is 6.61. The summed E-state index contributed by atoms with van der Waals surface area (Å²) in [7, 11) is -3.61. The predicted molar refractivity (Wildman–Crippen MR) is 83.9 cm³/mol. The van der Waals surface area contributed by atoms with Gasteiger partial charge in [0.25, 0.3) is 11.8 Å². The molecule has 1 aromatic carbocycles. The molecule has 3 rings (SSSR count). The van der Waals surface area contributed by atoms with Gasteiger partial charge in [0.15, 0.2) is 0 Å². The molecule has 0 saturated carbocycles. The Labute approximate surface area is 137 Å². The Morgan fingerprint density at radius 3 is 2.25 bits per heavy atom. The second-order valence-electron chi connectivity index (χ2n) is 5.33. The van der Waals surface area contributed by atoms with Gasteiger partial charge in [-0.2, -0.15) is 4.98 Å². The molecular weight excluding hydrogens is 334 g/mol. The van der Waals surface area contributed by atoms with Gasteiger partial charge >= 0.3 is 0 Å². The number of hydrogen-bond donors (Lipinski definition) is 2. The van der Waals surface area contributed by atoms with Crippen LogP contribution < -0.4 is 5.73 Å². The van der Waals surface area contributed by atoms with Crippen LogP contribution in [0.25, 0.3) is 0 Å². The van der Waals surface area contributed by atoms with Crippen molar-refractivity contribution in [2.45, 2.75) is 18.0 Å². The number of benzene rings is 1. The number of aromatic amines is 1. The van der Waals surface area contributed by atoms with Crippen molar-refractivity contribution < 1.29 is 18.0 Å². The van der Waals surface area contributed by atoms with E-state index < -0.39 is 9.84 Å². The van der Waals surface area contributed by atoms with Gasteiger partial charge in [0.05, 0.1) is 16.9 Å². The molecule has 9 nitrogen and oxygen atoms in total. The number of anilines is 1. The zero-order valence-electron chi connectivity index (χ0n) is 12.6. The van der Waals surface area contributed by atoms with E-state index in [1.165, 1.54) is 0 Å². The molecule has 126 valence electrons. The maximum absolute atomic E-state index is 12.2. The van der Waals surface area contributed by atoms with Crippen molar-refractivity contribution >= 4 is 27.6 Å². The summed E-state index contributed by atoms with van der Waals surface area (Å²) in [4.78, 5) is 29.1. The monoisotopic (exact) mass is 349 g/mol. The van der Waals surface area contributed by atoms with Crippen LogP contribution in [0.2, 0.25) is 0 Å². The Hall–Kier alpha value is -2.75. The normalized spacial score (nSPS) is 14.2. The molecule has 0 aliphatic carbocycles. The SMILES string of the molecule is Nc1n[nH]c(S(=O)(=O)CCCCN2C(=O)c3ccccc3C2=O)n1. The molecule has 0 radical (unpaired) electrons. The molecule has 10 heteroatoms. The molecule has 2 heterocycles. The van der Waals surface area contributed by atoms with Gasteiger partial charge in [0, 0.05) is 6.54 Å². The van der Waals surface area contributed by atoms with E-state index in [1.807, 2.05) is 0 Å². The fourth-order valence-electron chi connectivity index (χ4n) is 2.50. The van der Waals surface area contributed by atoms with Crippen LogP contribution in [0.4, 0.5) is 5.95 Å². The van der Waals surface area contributed by atoms with Crippen molar-refractivity contribution in [3.05, 3.63) is 35.4 Å². The Kier molecular flexibility index (Phi) is 4.06. The van der Waals surface area contributed by atoms with E-state index in [0.717, 1.165) is 4.90 Å². The molecule has 2 aromatic rings. The van der Waals surface area contributed by atoms with Gasteiger partial charge in [-0.05, 0) is 25.0 Å². The third kappa shape index (κ3) is 2.87. The Balaban J connectivity index is 1.56. The molecule has 0 atom stereocenters. The Morgan fingerprint density at radius 2 is 1.71 bits per heavy atom. The van der Waals surface area contributed by atoms with E-state index in [4.69, 9.17) is 5.73 Å². The van der Waals surface area contributed by atoms with Gasteiger partial charge in [-0.15, -0.1) is 5.10 Å². The molecule has 0 spiro atoms. The highest BCUT2D eigenvalue weighted by Crippen LogP contribution is 2.22. The second kappa shape index (κ2) is 6.04. The lowest BCUT2D eigenvalue weighted by atomic mass is 10.1. The quantitative estimate of drug-likeness (QED) is 0.562. The van der Waals surface area contributed by atoms with Crippen LogP contribution >= 0.6 is 0 Å². The largest absolute Gasteiger partial charge is 0.366 e. The number of unbranched alkanes of at least 4 members (excludes halogenated alkanes) is 1. The molecule has 0 saturated heterocycles. The topological polar surface area (TPSA) is 139 Å². The number of amides is 2. The summed E-state index contributed by atoms with van der Waals surface area (Å²) >= 11 is 0. The lowest BCUT2D eigenvalue weighted by molar-refractivity contribution is 0.0652. The fraction of sp³-hybridized carbons (Fsp3) is 0.286. The smallest absolute Gasteiger partial charge is 0.261 e. The number of carbonyl (C=O) groups excluding carboxylic acids is 2. The van der Waals surface area contributed by atoms with Gasteiger partial charge in [-0.1, -0.05) is 12.1 Å². The Morgan fingerprint density at radius 1 is 1.08 bits per heavy atom. The molecular formula is C14H15N5O4S. The molecule has 0 fully saturated rings. The van der Waals surface area contributed by atoms with Crippen molar-refractivity contribution in [1.82, 2.24) is 20.1 Å². The van der Waals surface area contributed by atoms with Crippen LogP contribution in [0.1, 0.15) is 33.6 Å². The summed E-state index contributed by atoms with van der Waals surface area (Å²) in [5.74, 6) is -1.01. The highest BCUT2D eigenvalue weighted by atomic mass is 32.2. The minimum absolute atomic E-state index is 0.139. The third-order valence-corrected chi connectivity index (χ3v) is 5.30. The lowest BCUT2D eigenvalue weighted by Crippen LogP contribution is -2.31. The maximum Gasteiger partial charge on any atom is 0.261 e. The lowest BCUT2D eigenvalue weighted by Gasteiger charge is -2.13. The zero-order chi connectivity index (χ0) is 17.3. The molecule has 24 heavy (non-hydrogen) atoms. The van der Waals surface area contributed by atoms with Crippen LogP contribution in [-0.4, -0.2) is 52.6 Å². The van der Waals surface area contributed by atoms with Crippen molar-refractivity contribution in [1.29, 1.82) is 0 Å². The number of nitrogens with zero attached hydrogens (tertiary/aromatic N) is 3. The third-order valence-electron chi connectivity index (χ3n) is 3.70. The van der Waals surface area contributed by atoms with Gasteiger partial charge in [0.2, 0.25) is 20.9 Å². The zero-order valence-corrected chi connectivity index (χ0v) is 13.4. The Bertz CT molecular complexity index is 870. The summed E-state index contributed by atoms with van der Waals surface area (Å²) in [5.41, 5.74) is 6.05. The van der Waals surface area contributed by atoms with Crippen LogP contribution in [0.3, 0.4) is 0 Å². The first-order valence-electron chi connectivity index (χ1n) is 7.26. The van der Waals surface area contributed by atoms with Crippen molar-refractivity contribution in [2.75, 3.05) is 18.0 Å². The molecule has 0 unspecified atom stereocenters. The highest BCUT2D eigenvalue weighted by Gasteiger charge is 2.34. The number of aromatic nitrogens is 3. The number of rotatable bonds is 6.